The van der Waals surface area contributed by atoms with Crippen molar-refractivity contribution in [1.29, 1.82) is 0 Å². The van der Waals surface area contributed by atoms with E-state index >= 15 is 0 Å². The van der Waals surface area contributed by atoms with Crippen LogP contribution in [-0.4, -0.2) is 26.9 Å². The maximum Gasteiger partial charge on any atom is 0.229 e. The van der Waals surface area contributed by atoms with Gasteiger partial charge in [0, 0.05) is 18.9 Å². The third kappa shape index (κ3) is 4.17. The first-order valence-corrected chi connectivity index (χ1v) is 7.65. The van der Waals surface area contributed by atoms with E-state index in [-0.39, 0.29) is 17.1 Å². The summed E-state index contributed by atoms with van der Waals surface area (Å²) in [6.45, 7) is 1.64. The first kappa shape index (κ1) is 14.7. The lowest BCUT2D eigenvalue weighted by molar-refractivity contribution is 0.438. The molecule has 0 amide bonds. The Morgan fingerprint density at radius 1 is 1.44 bits per heavy atom. The first-order valence-electron chi connectivity index (χ1n) is 4.72. The van der Waals surface area contributed by atoms with E-state index in [1.165, 1.54) is 19.2 Å². The molecule has 102 valence electrons. The van der Waals surface area contributed by atoms with Gasteiger partial charge < -0.3 is 17.9 Å². The summed E-state index contributed by atoms with van der Waals surface area (Å²) in [5, 5.41) is 9.64. The van der Waals surface area contributed by atoms with Crippen LogP contribution in [0.3, 0.4) is 0 Å². The van der Waals surface area contributed by atoms with Crippen LogP contribution < -0.4 is 4.72 Å². The second-order valence-corrected chi connectivity index (χ2v) is 6.20. The summed E-state index contributed by atoms with van der Waals surface area (Å²) in [6.07, 6.45) is 0.972. The third-order valence-corrected chi connectivity index (χ3v) is 3.15. The van der Waals surface area contributed by atoms with Gasteiger partial charge >= 0.3 is 0 Å². The molecule has 0 saturated heterocycles. The maximum absolute atomic E-state index is 11.1. The Morgan fingerprint density at radius 2 is 2.06 bits per heavy atom. The molecule has 0 heterocycles. The number of nitrogens with zero attached hydrogens (tertiary/aromatic N) is 1. The standard InChI is InChI=1S/C9H13N2O5S2/c1-6-4-8(11-18(3,14)15)9(12)5-7(6)10-17(13)16-2/h4-5,11-12H,1-3H3/q-1. The molecule has 0 aromatic heterocycles. The second kappa shape index (κ2) is 5.55. The lowest BCUT2D eigenvalue weighted by Gasteiger charge is -2.11. The minimum Gasteiger partial charge on any atom is -0.506 e. The summed E-state index contributed by atoms with van der Waals surface area (Å²) < 4.78 is 43.5. The highest BCUT2D eigenvalue weighted by atomic mass is 32.2. The maximum atomic E-state index is 11.1. The summed E-state index contributed by atoms with van der Waals surface area (Å²) in [4.78, 5) is 0. The van der Waals surface area contributed by atoms with Crippen LogP contribution >= 0.6 is 0 Å². The highest BCUT2D eigenvalue weighted by molar-refractivity contribution is 7.92. The highest BCUT2D eigenvalue weighted by Crippen LogP contribution is 2.32. The molecular formula is C9H13N2O5S2-. The minimum absolute atomic E-state index is 0.0390. The van der Waals surface area contributed by atoms with Crippen LogP contribution in [0.1, 0.15) is 5.56 Å². The van der Waals surface area contributed by atoms with Gasteiger partial charge in [0.15, 0.2) is 0 Å². The molecule has 0 spiro atoms. The SMILES string of the molecule is CO[S-](=O)=Nc1cc(O)c(NS(C)(=O)=O)cc1C. The number of rotatable bonds is 4. The Bertz CT molecular complexity index is 633. The van der Waals surface area contributed by atoms with Crippen molar-refractivity contribution in [2.45, 2.75) is 6.92 Å². The van der Waals surface area contributed by atoms with E-state index in [9.17, 15) is 17.7 Å². The molecule has 1 aromatic rings. The van der Waals surface area contributed by atoms with Crippen LogP contribution in [0.5, 0.6) is 5.75 Å². The quantitative estimate of drug-likeness (QED) is 0.645. The zero-order valence-electron chi connectivity index (χ0n) is 10.00. The predicted molar refractivity (Wildman–Crippen MR) is 68.5 cm³/mol. The zero-order chi connectivity index (χ0) is 13.9. The fraction of sp³-hybridized carbons (Fsp3) is 0.333. The van der Waals surface area contributed by atoms with Gasteiger partial charge in [-0.25, -0.2) is 8.42 Å². The predicted octanol–water partition coefficient (Wildman–Crippen LogP) is 1.41. The lowest BCUT2D eigenvalue weighted by Crippen LogP contribution is -2.09. The van der Waals surface area contributed by atoms with Crippen LogP contribution in [0, 0.1) is 6.92 Å². The van der Waals surface area contributed by atoms with Crippen molar-refractivity contribution in [2.75, 3.05) is 18.1 Å². The van der Waals surface area contributed by atoms with E-state index in [1.54, 1.807) is 6.92 Å². The monoisotopic (exact) mass is 293 g/mol. The molecule has 0 fully saturated rings. The summed E-state index contributed by atoms with van der Waals surface area (Å²) in [6, 6.07) is 2.60. The number of nitrogens with one attached hydrogen (secondary N) is 1. The molecule has 7 nitrogen and oxygen atoms in total. The van der Waals surface area contributed by atoms with Crippen LogP contribution in [-0.2, 0) is 29.3 Å². The topological polar surface area (TPSA) is 105 Å². The van der Waals surface area contributed by atoms with Gasteiger partial charge in [-0.1, -0.05) is 10.9 Å². The average Bonchev–Trinajstić information content (AvgIpc) is 2.23. The number of sulfonamides is 1. The summed E-state index contributed by atoms with van der Waals surface area (Å²) in [5.74, 6) is -0.308. The van der Waals surface area contributed by atoms with Gasteiger partial charge in [-0.3, -0.25) is 4.72 Å². The van der Waals surface area contributed by atoms with Crippen LogP contribution in [0.25, 0.3) is 0 Å². The minimum atomic E-state index is -3.48. The van der Waals surface area contributed by atoms with Gasteiger partial charge in [-0.05, 0) is 18.6 Å². The molecule has 0 atom stereocenters. The van der Waals surface area contributed by atoms with E-state index in [2.05, 4.69) is 13.3 Å². The Labute approximate surface area is 107 Å². The number of phenolic OH excluding ortho intramolecular Hbond substituents is 1. The smallest absolute Gasteiger partial charge is 0.229 e. The van der Waals surface area contributed by atoms with E-state index in [0.717, 1.165) is 6.26 Å². The van der Waals surface area contributed by atoms with Crippen molar-refractivity contribution < 1.29 is 21.9 Å². The molecule has 18 heavy (non-hydrogen) atoms. The number of hydrogen-bond donors (Lipinski definition) is 2. The van der Waals surface area contributed by atoms with Gasteiger partial charge in [0.05, 0.1) is 11.9 Å². The Kier molecular flexibility index (Phi) is 4.54. The highest BCUT2D eigenvalue weighted by Gasteiger charge is 2.09. The van der Waals surface area contributed by atoms with Gasteiger partial charge in [-0.2, -0.15) is 0 Å². The summed E-state index contributed by atoms with van der Waals surface area (Å²) in [7, 11) is -4.10. The molecule has 0 aliphatic heterocycles. The van der Waals surface area contributed by atoms with E-state index in [0.29, 0.717) is 5.56 Å². The summed E-state index contributed by atoms with van der Waals surface area (Å²) in [5.41, 5.74) is 0.841. The number of aromatic hydroxyl groups is 1. The molecule has 0 aliphatic carbocycles. The van der Waals surface area contributed by atoms with Crippen molar-refractivity contribution in [3.63, 3.8) is 0 Å². The van der Waals surface area contributed by atoms with Gasteiger partial charge in [0.25, 0.3) is 0 Å². The lowest BCUT2D eigenvalue weighted by atomic mass is 10.2. The molecule has 2 N–H and O–H groups in total. The van der Waals surface area contributed by atoms with Crippen molar-refractivity contribution in [3.05, 3.63) is 17.7 Å². The zero-order valence-corrected chi connectivity index (χ0v) is 11.6. The first-order chi connectivity index (χ1) is 8.23. The third-order valence-electron chi connectivity index (χ3n) is 1.93. The molecule has 0 aliphatic rings. The Hall–Kier alpha value is -1.32. The van der Waals surface area contributed by atoms with E-state index < -0.39 is 20.9 Å². The van der Waals surface area contributed by atoms with Crippen LogP contribution in [0.4, 0.5) is 11.4 Å². The molecule has 0 saturated carbocycles. The van der Waals surface area contributed by atoms with E-state index in [1.807, 2.05) is 0 Å². The molecule has 1 rings (SSSR count). The Morgan fingerprint density at radius 3 is 2.56 bits per heavy atom. The fourth-order valence-corrected chi connectivity index (χ4v) is 2.18. The van der Waals surface area contributed by atoms with Gasteiger partial charge in [-0.15, -0.1) is 0 Å². The van der Waals surface area contributed by atoms with Crippen molar-refractivity contribution >= 4 is 32.3 Å². The van der Waals surface area contributed by atoms with Crippen molar-refractivity contribution in [1.82, 2.24) is 0 Å². The molecule has 0 bridgehead atoms. The molecule has 9 heteroatoms. The normalized spacial score (nSPS) is 13.5. The van der Waals surface area contributed by atoms with Crippen LogP contribution in [0.15, 0.2) is 16.5 Å². The molecule has 0 radical (unpaired) electrons. The number of hydrogen-bond acceptors (Lipinski definition) is 7. The fourth-order valence-electron chi connectivity index (χ4n) is 1.18. The van der Waals surface area contributed by atoms with Crippen molar-refractivity contribution in [2.24, 2.45) is 4.36 Å². The van der Waals surface area contributed by atoms with E-state index in [4.69, 9.17) is 0 Å². The van der Waals surface area contributed by atoms with Gasteiger partial charge in [0.2, 0.25) is 10.0 Å². The molecule has 0 unspecified atom stereocenters. The molecule has 1 aromatic carbocycles. The molecular weight excluding hydrogens is 280 g/mol. The number of aryl methyl sites for hydroxylation is 1. The Balaban J connectivity index is 3.24. The largest absolute Gasteiger partial charge is 0.506 e. The van der Waals surface area contributed by atoms with Crippen LogP contribution in [0.2, 0.25) is 0 Å². The number of phenols is 1. The average molecular weight is 293 g/mol. The number of benzene rings is 1. The second-order valence-electron chi connectivity index (χ2n) is 3.51. The number of anilines is 1. The van der Waals surface area contributed by atoms with Crippen molar-refractivity contribution in [3.8, 4) is 5.75 Å². The summed E-state index contributed by atoms with van der Waals surface area (Å²) >= 11 is 0. The van der Waals surface area contributed by atoms with Gasteiger partial charge in [0.1, 0.15) is 5.75 Å².